The zero-order chi connectivity index (χ0) is 17.0. The number of rotatable bonds is 1. The molecule has 1 aliphatic carbocycles. The van der Waals surface area contributed by atoms with Crippen LogP contribution in [0.2, 0.25) is 5.02 Å². The molecule has 24 heavy (non-hydrogen) atoms. The normalized spacial score (nSPS) is 16.5. The fourth-order valence-electron chi connectivity index (χ4n) is 3.15. The van der Waals surface area contributed by atoms with Crippen molar-refractivity contribution >= 4 is 40.7 Å². The maximum atomic E-state index is 12.8. The zero-order valence-electron chi connectivity index (χ0n) is 12.3. The molecule has 0 aromatic heterocycles. The average Bonchev–Trinajstić information content (AvgIpc) is 2.91. The van der Waals surface area contributed by atoms with Gasteiger partial charge in [-0.25, -0.2) is 4.90 Å². The van der Waals surface area contributed by atoms with Crippen molar-refractivity contribution in [3.8, 4) is 0 Å². The predicted molar refractivity (Wildman–Crippen MR) is 86.5 cm³/mol. The second kappa shape index (κ2) is 5.11. The van der Waals surface area contributed by atoms with Crippen LogP contribution in [0.5, 0.6) is 0 Å². The number of hydrogen-bond donors (Lipinski definition) is 0. The number of fused-ring (bicyclic) bond motifs is 2. The quantitative estimate of drug-likeness (QED) is 0.639. The smallest absolute Gasteiger partial charge is 0.234 e. The third kappa shape index (κ3) is 1.88. The van der Waals surface area contributed by atoms with E-state index in [-0.39, 0.29) is 63.6 Å². The van der Waals surface area contributed by atoms with Gasteiger partial charge in [0.15, 0.2) is 11.6 Å². The fourth-order valence-corrected chi connectivity index (χ4v) is 3.49. The van der Waals surface area contributed by atoms with E-state index in [1.54, 1.807) is 24.3 Å². The molecule has 118 valence electrons. The van der Waals surface area contributed by atoms with Crippen LogP contribution in [-0.2, 0) is 9.59 Å². The molecule has 0 spiro atoms. The van der Waals surface area contributed by atoms with Crippen LogP contribution in [0.4, 0.5) is 5.69 Å². The summed E-state index contributed by atoms with van der Waals surface area (Å²) >= 11 is 6.34. The number of hydrogen-bond acceptors (Lipinski definition) is 4. The molecular weight excluding hydrogens is 330 g/mol. The Hall–Kier alpha value is -2.79. The highest BCUT2D eigenvalue weighted by atomic mass is 35.5. The second-order valence-corrected chi connectivity index (χ2v) is 6.03. The first-order valence-corrected chi connectivity index (χ1v) is 7.75. The number of carbonyl (C=O) groups is 4. The van der Waals surface area contributed by atoms with Crippen molar-refractivity contribution in [2.75, 3.05) is 4.90 Å². The van der Waals surface area contributed by atoms with Crippen LogP contribution in [0, 0.1) is 0 Å². The summed E-state index contributed by atoms with van der Waals surface area (Å²) in [5, 5.41) is -0.0380. The van der Waals surface area contributed by atoms with Crippen LogP contribution in [0.1, 0.15) is 44.7 Å². The lowest BCUT2D eigenvalue weighted by Crippen LogP contribution is -2.30. The third-order valence-corrected chi connectivity index (χ3v) is 4.68. The van der Waals surface area contributed by atoms with Crippen LogP contribution in [0.15, 0.2) is 36.4 Å². The highest BCUT2D eigenvalue weighted by Crippen LogP contribution is 2.39. The molecular formula is C18H10ClNO4. The summed E-state index contributed by atoms with van der Waals surface area (Å²) < 4.78 is 0. The number of amides is 2. The number of ketones is 2. The number of halogens is 1. The molecule has 0 N–H and O–H groups in total. The first-order chi connectivity index (χ1) is 11.5. The first-order valence-electron chi connectivity index (χ1n) is 7.37. The molecule has 6 heteroatoms. The molecule has 2 aliphatic rings. The number of anilines is 1. The molecule has 0 unspecified atom stereocenters. The lowest BCUT2D eigenvalue weighted by Gasteiger charge is -2.22. The van der Waals surface area contributed by atoms with E-state index in [1.807, 2.05) is 0 Å². The van der Waals surface area contributed by atoms with Crippen molar-refractivity contribution in [3.05, 3.63) is 63.7 Å². The Balaban J connectivity index is 1.94. The molecule has 2 aromatic carbocycles. The minimum Gasteiger partial charge on any atom is -0.289 e. The van der Waals surface area contributed by atoms with Gasteiger partial charge in [0.05, 0.1) is 16.3 Å². The first kappa shape index (κ1) is 14.8. The number of nitrogens with zero attached hydrogens (tertiary/aromatic N) is 1. The minimum absolute atomic E-state index is 0.0380. The molecule has 1 fully saturated rings. The van der Waals surface area contributed by atoms with Crippen molar-refractivity contribution in [1.29, 1.82) is 0 Å². The van der Waals surface area contributed by atoms with Gasteiger partial charge in [0.25, 0.3) is 0 Å². The SMILES string of the molecule is O=C1c2ccccc2C(=O)c2c1ccc(N1C(=O)CCC1=O)c2Cl. The van der Waals surface area contributed by atoms with Crippen molar-refractivity contribution in [1.82, 2.24) is 0 Å². The molecule has 0 atom stereocenters. The fraction of sp³-hybridized carbons (Fsp3) is 0.111. The summed E-state index contributed by atoms with van der Waals surface area (Å²) in [6, 6.07) is 9.40. The van der Waals surface area contributed by atoms with Crippen molar-refractivity contribution in [3.63, 3.8) is 0 Å². The van der Waals surface area contributed by atoms with Crippen LogP contribution in [0.25, 0.3) is 0 Å². The minimum atomic E-state index is -0.383. The summed E-state index contributed by atoms with van der Waals surface area (Å²) in [6.07, 6.45) is 0.226. The molecule has 0 bridgehead atoms. The highest BCUT2D eigenvalue weighted by Gasteiger charge is 2.36. The standard InChI is InChI=1S/C18H10ClNO4/c19-16-12(20-13(21)7-8-14(20)22)6-5-11-15(16)18(24)10-4-2-1-3-9(10)17(11)23/h1-6H,7-8H2. The zero-order valence-corrected chi connectivity index (χ0v) is 13.1. The van der Waals surface area contributed by atoms with Gasteiger partial charge in [0.1, 0.15) is 0 Å². The summed E-state index contributed by atoms with van der Waals surface area (Å²) in [5.74, 6) is -1.41. The van der Waals surface area contributed by atoms with E-state index in [9.17, 15) is 19.2 Å². The molecule has 0 saturated carbocycles. The van der Waals surface area contributed by atoms with E-state index in [2.05, 4.69) is 0 Å². The van der Waals surface area contributed by atoms with Crippen molar-refractivity contribution < 1.29 is 19.2 Å². The maximum absolute atomic E-state index is 12.8. The second-order valence-electron chi connectivity index (χ2n) is 5.65. The van der Waals surface area contributed by atoms with Gasteiger partial charge in [-0.05, 0) is 12.1 Å². The average molecular weight is 340 g/mol. The van der Waals surface area contributed by atoms with Crippen LogP contribution >= 0.6 is 11.6 Å². The van der Waals surface area contributed by atoms with Gasteiger partial charge in [-0.1, -0.05) is 35.9 Å². The van der Waals surface area contributed by atoms with Gasteiger partial charge < -0.3 is 0 Å². The molecule has 4 rings (SSSR count). The van der Waals surface area contributed by atoms with Gasteiger partial charge in [-0.2, -0.15) is 0 Å². The molecule has 5 nitrogen and oxygen atoms in total. The summed E-state index contributed by atoms with van der Waals surface area (Å²) in [5.41, 5.74) is 0.987. The topological polar surface area (TPSA) is 71.5 Å². The Kier molecular flexibility index (Phi) is 3.15. The lowest BCUT2D eigenvalue weighted by molar-refractivity contribution is -0.121. The summed E-state index contributed by atoms with van der Waals surface area (Å²) in [7, 11) is 0. The maximum Gasteiger partial charge on any atom is 0.234 e. The van der Waals surface area contributed by atoms with E-state index in [0.717, 1.165) is 4.90 Å². The van der Waals surface area contributed by atoms with Crippen LogP contribution in [-0.4, -0.2) is 23.4 Å². The van der Waals surface area contributed by atoms with Gasteiger partial charge in [-0.15, -0.1) is 0 Å². The Labute approximate surface area is 141 Å². The van der Waals surface area contributed by atoms with E-state index in [1.165, 1.54) is 12.1 Å². The van der Waals surface area contributed by atoms with Gasteiger partial charge in [-0.3, -0.25) is 19.2 Å². The largest absolute Gasteiger partial charge is 0.289 e. The number of carbonyl (C=O) groups excluding carboxylic acids is 4. The van der Waals surface area contributed by atoms with Crippen molar-refractivity contribution in [2.45, 2.75) is 12.8 Å². The molecule has 1 saturated heterocycles. The Morgan fingerprint density at radius 3 is 1.96 bits per heavy atom. The number of benzene rings is 2. The molecule has 0 radical (unpaired) electrons. The molecule has 1 aliphatic heterocycles. The van der Waals surface area contributed by atoms with Crippen LogP contribution in [0.3, 0.4) is 0 Å². The molecule has 1 heterocycles. The predicted octanol–water partition coefficient (Wildman–Crippen LogP) is 2.77. The highest BCUT2D eigenvalue weighted by molar-refractivity contribution is 6.42. The van der Waals surface area contributed by atoms with Gasteiger partial charge in [0, 0.05) is 29.5 Å². The Bertz CT molecular complexity index is 947. The van der Waals surface area contributed by atoms with Gasteiger partial charge >= 0.3 is 0 Å². The third-order valence-electron chi connectivity index (χ3n) is 4.30. The molecule has 2 amide bonds. The van der Waals surface area contributed by atoms with E-state index in [0.29, 0.717) is 5.56 Å². The monoisotopic (exact) mass is 339 g/mol. The van der Waals surface area contributed by atoms with E-state index >= 15 is 0 Å². The van der Waals surface area contributed by atoms with Crippen LogP contribution < -0.4 is 4.90 Å². The summed E-state index contributed by atoms with van der Waals surface area (Å²) in [6.45, 7) is 0. The Morgan fingerprint density at radius 2 is 1.33 bits per heavy atom. The summed E-state index contributed by atoms with van der Waals surface area (Å²) in [4.78, 5) is 50.3. The van der Waals surface area contributed by atoms with E-state index in [4.69, 9.17) is 11.6 Å². The Morgan fingerprint density at radius 1 is 0.750 bits per heavy atom. The lowest BCUT2D eigenvalue weighted by atomic mass is 9.84. The number of imide groups is 1. The van der Waals surface area contributed by atoms with E-state index < -0.39 is 0 Å². The molecule has 2 aromatic rings. The van der Waals surface area contributed by atoms with Crippen molar-refractivity contribution in [2.24, 2.45) is 0 Å². The van der Waals surface area contributed by atoms with Gasteiger partial charge in [0.2, 0.25) is 11.8 Å².